The van der Waals surface area contributed by atoms with E-state index < -0.39 is 0 Å². The van der Waals surface area contributed by atoms with Crippen LogP contribution in [0.4, 0.5) is 0 Å². The predicted octanol–water partition coefficient (Wildman–Crippen LogP) is 3.78. The molecule has 0 spiro atoms. The van der Waals surface area contributed by atoms with Crippen molar-refractivity contribution in [3.63, 3.8) is 0 Å². The second-order valence-corrected chi connectivity index (χ2v) is 6.13. The number of morpholine rings is 1. The minimum absolute atomic E-state index is 0.0130. The average Bonchev–Trinajstić information content (AvgIpc) is 2.63. The van der Waals surface area contributed by atoms with Gasteiger partial charge in [0.1, 0.15) is 6.10 Å². The zero-order valence-corrected chi connectivity index (χ0v) is 13.5. The first-order valence-corrected chi connectivity index (χ1v) is 8.23. The van der Waals surface area contributed by atoms with Gasteiger partial charge in [-0.1, -0.05) is 67.6 Å². The zero-order valence-electron chi connectivity index (χ0n) is 13.5. The van der Waals surface area contributed by atoms with Gasteiger partial charge in [0.15, 0.2) is 0 Å². The molecule has 23 heavy (non-hydrogen) atoms. The van der Waals surface area contributed by atoms with Gasteiger partial charge in [-0.2, -0.15) is 0 Å². The van der Waals surface area contributed by atoms with E-state index in [-0.39, 0.29) is 17.9 Å². The highest BCUT2D eigenvalue weighted by Gasteiger charge is 2.26. The largest absolute Gasteiger partial charge is 0.370 e. The molecule has 0 radical (unpaired) electrons. The van der Waals surface area contributed by atoms with E-state index in [2.05, 4.69) is 31.2 Å². The molecule has 2 unspecified atom stereocenters. The maximum atomic E-state index is 12.6. The van der Waals surface area contributed by atoms with Crippen molar-refractivity contribution in [2.45, 2.75) is 25.4 Å². The first kappa shape index (κ1) is 15.8. The third kappa shape index (κ3) is 3.99. The van der Waals surface area contributed by atoms with Gasteiger partial charge in [0.2, 0.25) is 5.91 Å². The molecule has 0 aliphatic carbocycles. The molecule has 1 heterocycles. The molecule has 2 aromatic rings. The summed E-state index contributed by atoms with van der Waals surface area (Å²) >= 11 is 0. The van der Waals surface area contributed by atoms with Gasteiger partial charge in [0, 0.05) is 13.0 Å². The second-order valence-electron chi connectivity index (χ2n) is 6.13. The highest BCUT2D eigenvalue weighted by Crippen LogP contribution is 2.24. The number of ether oxygens (including phenoxy) is 1. The van der Waals surface area contributed by atoms with Crippen LogP contribution in [-0.2, 0) is 9.53 Å². The van der Waals surface area contributed by atoms with Gasteiger partial charge < -0.3 is 9.64 Å². The second kappa shape index (κ2) is 7.42. The lowest BCUT2D eigenvalue weighted by Crippen LogP contribution is -2.42. The Kier molecular flexibility index (Phi) is 5.09. The maximum absolute atomic E-state index is 12.6. The molecule has 3 nitrogen and oxygen atoms in total. The van der Waals surface area contributed by atoms with Gasteiger partial charge in [-0.3, -0.25) is 4.79 Å². The molecule has 1 fully saturated rings. The number of rotatable bonds is 4. The number of hydrogen-bond acceptors (Lipinski definition) is 2. The summed E-state index contributed by atoms with van der Waals surface area (Å²) in [5, 5.41) is 0. The maximum Gasteiger partial charge on any atom is 0.223 e. The first-order valence-electron chi connectivity index (χ1n) is 8.23. The Labute approximate surface area is 137 Å². The van der Waals surface area contributed by atoms with Crippen LogP contribution in [0.15, 0.2) is 60.7 Å². The van der Waals surface area contributed by atoms with Crippen molar-refractivity contribution in [1.82, 2.24) is 4.90 Å². The number of carbonyl (C=O) groups excluding carboxylic acids is 1. The van der Waals surface area contributed by atoms with Gasteiger partial charge in [-0.25, -0.2) is 0 Å². The summed E-state index contributed by atoms with van der Waals surface area (Å²) in [5.74, 6) is 0.451. The summed E-state index contributed by atoms with van der Waals surface area (Å²) in [6, 6.07) is 20.4. The quantitative estimate of drug-likeness (QED) is 0.860. The molecular formula is C20H23NO2. The molecule has 0 bridgehead atoms. The Morgan fingerprint density at radius 3 is 2.48 bits per heavy atom. The molecule has 3 rings (SSSR count). The van der Waals surface area contributed by atoms with E-state index in [1.807, 2.05) is 41.3 Å². The number of amides is 1. The van der Waals surface area contributed by atoms with Crippen molar-refractivity contribution < 1.29 is 9.53 Å². The molecule has 1 aliphatic rings. The van der Waals surface area contributed by atoms with Crippen molar-refractivity contribution in [3.05, 3.63) is 71.8 Å². The number of nitrogens with zero attached hydrogens (tertiary/aromatic N) is 1. The van der Waals surface area contributed by atoms with E-state index in [1.54, 1.807) is 0 Å². The van der Waals surface area contributed by atoms with Crippen LogP contribution < -0.4 is 0 Å². The predicted molar refractivity (Wildman–Crippen MR) is 91.2 cm³/mol. The molecule has 3 heteroatoms. The molecule has 1 saturated heterocycles. The molecule has 120 valence electrons. The van der Waals surface area contributed by atoms with Gasteiger partial charge in [0.25, 0.3) is 0 Å². The van der Waals surface area contributed by atoms with Gasteiger partial charge in [-0.05, 0) is 17.0 Å². The monoisotopic (exact) mass is 309 g/mol. The summed E-state index contributed by atoms with van der Waals surface area (Å²) in [4.78, 5) is 14.6. The molecule has 2 aromatic carbocycles. The van der Waals surface area contributed by atoms with Gasteiger partial charge >= 0.3 is 0 Å². The smallest absolute Gasteiger partial charge is 0.223 e. The SMILES string of the molecule is CC(CC(=O)N1CCOC(c2ccccc2)C1)c1ccccc1. The van der Waals surface area contributed by atoms with E-state index in [4.69, 9.17) is 4.74 Å². The van der Waals surface area contributed by atoms with E-state index in [9.17, 15) is 4.79 Å². The lowest BCUT2D eigenvalue weighted by molar-refractivity contribution is -0.139. The fraction of sp³-hybridized carbons (Fsp3) is 0.350. The van der Waals surface area contributed by atoms with Crippen LogP contribution in [0.25, 0.3) is 0 Å². The van der Waals surface area contributed by atoms with Crippen LogP contribution in [0.1, 0.15) is 36.5 Å². The van der Waals surface area contributed by atoms with Crippen LogP contribution in [0.5, 0.6) is 0 Å². The van der Waals surface area contributed by atoms with Crippen LogP contribution in [0.2, 0.25) is 0 Å². The van der Waals surface area contributed by atoms with Gasteiger partial charge in [-0.15, -0.1) is 0 Å². The summed E-state index contributed by atoms with van der Waals surface area (Å²) in [5.41, 5.74) is 2.36. The van der Waals surface area contributed by atoms with Crippen molar-refractivity contribution in [1.29, 1.82) is 0 Å². The van der Waals surface area contributed by atoms with Crippen LogP contribution >= 0.6 is 0 Å². The molecule has 1 aliphatic heterocycles. The summed E-state index contributed by atoms with van der Waals surface area (Å²) in [7, 11) is 0. The van der Waals surface area contributed by atoms with E-state index in [0.29, 0.717) is 26.1 Å². The first-order chi connectivity index (χ1) is 11.2. The highest BCUT2D eigenvalue weighted by atomic mass is 16.5. The Morgan fingerprint density at radius 2 is 1.78 bits per heavy atom. The average molecular weight is 309 g/mol. The zero-order chi connectivity index (χ0) is 16.1. The van der Waals surface area contributed by atoms with E-state index in [0.717, 1.165) is 5.56 Å². The Hall–Kier alpha value is -2.13. The fourth-order valence-corrected chi connectivity index (χ4v) is 3.04. The van der Waals surface area contributed by atoms with Crippen molar-refractivity contribution in [2.75, 3.05) is 19.7 Å². The molecule has 0 aromatic heterocycles. The van der Waals surface area contributed by atoms with Gasteiger partial charge in [0.05, 0.1) is 13.2 Å². The third-order valence-electron chi connectivity index (χ3n) is 4.44. The molecule has 2 atom stereocenters. The van der Waals surface area contributed by atoms with Crippen LogP contribution in [0, 0.1) is 0 Å². The number of hydrogen-bond donors (Lipinski definition) is 0. The molecule has 1 amide bonds. The summed E-state index contributed by atoms with van der Waals surface area (Å²) in [6.07, 6.45) is 0.534. The minimum Gasteiger partial charge on any atom is -0.370 e. The number of carbonyl (C=O) groups is 1. The fourth-order valence-electron chi connectivity index (χ4n) is 3.04. The topological polar surface area (TPSA) is 29.5 Å². The minimum atomic E-state index is -0.0130. The third-order valence-corrected chi connectivity index (χ3v) is 4.44. The van der Waals surface area contributed by atoms with Crippen LogP contribution in [-0.4, -0.2) is 30.5 Å². The van der Waals surface area contributed by atoms with Crippen molar-refractivity contribution in [3.8, 4) is 0 Å². The lowest BCUT2D eigenvalue weighted by Gasteiger charge is -2.34. The molecule has 0 N–H and O–H groups in total. The van der Waals surface area contributed by atoms with Crippen molar-refractivity contribution in [2.24, 2.45) is 0 Å². The summed E-state index contributed by atoms with van der Waals surface area (Å²) in [6.45, 7) is 4.04. The number of benzene rings is 2. The lowest BCUT2D eigenvalue weighted by atomic mass is 9.97. The molecular weight excluding hydrogens is 286 g/mol. The summed E-state index contributed by atoms with van der Waals surface area (Å²) < 4.78 is 5.84. The van der Waals surface area contributed by atoms with E-state index >= 15 is 0 Å². The standard InChI is InChI=1S/C20H23NO2/c1-16(17-8-4-2-5-9-17)14-20(22)21-12-13-23-19(15-21)18-10-6-3-7-11-18/h2-11,16,19H,12-15H2,1H3. The van der Waals surface area contributed by atoms with E-state index in [1.165, 1.54) is 5.56 Å². The van der Waals surface area contributed by atoms with Crippen molar-refractivity contribution >= 4 is 5.91 Å². The normalized spacial score (nSPS) is 19.3. The Balaban J connectivity index is 1.61. The highest BCUT2D eigenvalue weighted by molar-refractivity contribution is 5.77. The Bertz CT molecular complexity index is 627. The van der Waals surface area contributed by atoms with Crippen LogP contribution in [0.3, 0.4) is 0 Å². The Morgan fingerprint density at radius 1 is 1.13 bits per heavy atom. The molecule has 0 saturated carbocycles.